The van der Waals surface area contributed by atoms with E-state index in [-0.39, 0.29) is 23.4 Å². The fourth-order valence-corrected chi connectivity index (χ4v) is 5.62. The topological polar surface area (TPSA) is 120 Å². The number of hydrogen-bond donors (Lipinski definition) is 3. The van der Waals surface area contributed by atoms with Gasteiger partial charge in [-0.3, -0.25) is 19.8 Å². The molecular weight excluding hydrogens is 530 g/mol. The molecule has 1 aromatic rings. The highest BCUT2D eigenvalue weighted by molar-refractivity contribution is 7.18. The number of carbonyl (C=O) groups is 4. The minimum atomic E-state index is -0.731. The maximum Gasteiger partial charge on any atom is 0.341 e. The standard InChI is InChI=1S/C29H49N5O5S/c1-8-9-10-11-12-13-14-30-28(38)32-25-23(27(37)39-29(5,6)7)21(4)24(40-25)26(36)34-17-15-33(16-18-34)19-22(35)31-20(2)3/h20H,8-19H2,1-7H3,(H,31,35)(H2,30,32,38). The monoisotopic (exact) mass is 579 g/mol. The van der Waals surface area contributed by atoms with Gasteiger partial charge in [-0.25, -0.2) is 9.59 Å². The van der Waals surface area contributed by atoms with Gasteiger partial charge in [0.1, 0.15) is 10.6 Å². The van der Waals surface area contributed by atoms with E-state index in [1.165, 1.54) is 19.3 Å². The van der Waals surface area contributed by atoms with Crippen LogP contribution >= 0.6 is 11.3 Å². The molecule has 0 aromatic carbocycles. The molecule has 11 heteroatoms. The van der Waals surface area contributed by atoms with Crippen LogP contribution in [0.3, 0.4) is 0 Å². The molecule has 40 heavy (non-hydrogen) atoms. The first kappa shape index (κ1) is 33.5. The van der Waals surface area contributed by atoms with Gasteiger partial charge in [0.15, 0.2) is 0 Å². The van der Waals surface area contributed by atoms with Crippen LogP contribution in [0.5, 0.6) is 0 Å². The van der Waals surface area contributed by atoms with E-state index in [1.54, 1.807) is 32.6 Å². The van der Waals surface area contributed by atoms with Gasteiger partial charge in [0.05, 0.1) is 17.0 Å². The van der Waals surface area contributed by atoms with Gasteiger partial charge < -0.3 is 20.3 Å². The van der Waals surface area contributed by atoms with E-state index in [2.05, 4.69) is 22.9 Å². The number of urea groups is 1. The molecule has 1 saturated heterocycles. The highest BCUT2D eigenvalue weighted by Gasteiger charge is 2.32. The van der Waals surface area contributed by atoms with E-state index in [0.29, 0.717) is 54.7 Å². The van der Waals surface area contributed by atoms with E-state index >= 15 is 0 Å². The Morgan fingerprint density at radius 1 is 0.975 bits per heavy atom. The van der Waals surface area contributed by atoms with Crippen LogP contribution in [0.15, 0.2) is 0 Å². The molecule has 1 aromatic heterocycles. The molecule has 1 fully saturated rings. The molecule has 0 atom stereocenters. The first-order valence-corrected chi connectivity index (χ1v) is 15.4. The third-order valence-electron chi connectivity index (χ3n) is 6.46. The van der Waals surface area contributed by atoms with Crippen LogP contribution in [-0.2, 0) is 9.53 Å². The van der Waals surface area contributed by atoms with Crippen LogP contribution in [-0.4, -0.2) is 84.5 Å². The summed E-state index contributed by atoms with van der Waals surface area (Å²) in [7, 11) is 0. The second-order valence-electron chi connectivity index (χ2n) is 11.7. The van der Waals surface area contributed by atoms with Crippen molar-refractivity contribution in [2.45, 2.75) is 98.6 Å². The van der Waals surface area contributed by atoms with Crippen LogP contribution < -0.4 is 16.0 Å². The number of ether oxygens (including phenoxy) is 1. The Balaban J connectivity index is 2.09. The molecule has 3 N–H and O–H groups in total. The summed E-state index contributed by atoms with van der Waals surface area (Å²) in [6.45, 7) is 16.0. The summed E-state index contributed by atoms with van der Waals surface area (Å²) in [6.07, 6.45) is 6.71. The number of unbranched alkanes of at least 4 members (excludes halogenated alkanes) is 5. The third kappa shape index (κ3) is 11.1. The number of rotatable bonds is 13. The van der Waals surface area contributed by atoms with Crippen LogP contribution in [0.1, 0.15) is 106 Å². The highest BCUT2D eigenvalue weighted by Crippen LogP contribution is 2.35. The van der Waals surface area contributed by atoms with E-state index in [9.17, 15) is 19.2 Å². The van der Waals surface area contributed by atoms with Crippen LogP contribution in [0.4, 0.5) is 9.80 Å². The predicted molar refractivity (Wildman–Crippen MR) is 160 cm³/mol. The zero-order valence-electron chi connectivity index (χ0n) is 25.4. The molecule has 0 spiro atoms. The lowest BCUT2D eigenvalue weighted by atomic mass is 10.1. The first-order chi connectivity index (χ1) is 18.8. The van der Waals surface area contributed by atoms with E-state index in [0.717, 1.165) is 30.6 Å². The Kier molecular flexibility index (Phi) is 13.4. The molecular formula is C29H49N5O5S. The van der Waals surface area contributed by atoms with E-state index < -0.39 is 17.6 Å². The van der Waals surface area contributed by atoms with Crippen molar-refractivity contribution in [1.82, 2.24) is 20.4 Å². The number of thiophene rings is 1. The van der Waals surface area contributed by atoms with Gasteiger partial charge in [-0.15, -0.1) is 11.3 Å². The van der Waals surface area contributed by atoms with Crippen molar-refractivity contribution in [3.05, 3.63) is 16.0 Å². The average Bonchev–Trinajstić information content (AvgIpc) is 3.17. The average molecular weight is 580 g/mol. The van der Waals surface area contributed by atoms with E-state index in [1.807, 2.05) is 18.7 Å². The van der Waals surface area contributed by atoms with Crippen molar-refractivity contribution in [3.8, 4) is 0 Å². The number of piperazine rings is 1. The summed E-state index contributed by atoms with van der Waals surface area (Å²) in [4.78, 5) is 55.6. The van der Waals surface area contributed by atoms with Gasteiger partial charge >= 0.3 is 12.0 Å². The summed E-state index contributed by atoms with van der Waals surface area (Å²) in [5, 5.41) is 8.85. The Labute approximate surface area is 243 Å². The molecule has 226 valence electrons. The number of nitrogens with zero attached hydrogens (tertiary/aromatic N) is 2. The van der Waals surface area contributed by atoms with Gasteiger partial charge in [0.25, 0.3) is 5.91 Å². The lowest BCUT2D eigenvalue weighted by Gasteiger charge is -2.34. The number of anilines is 1. The van der Waals surface area contributed by atoms with Crippen LogP contribution in [0, 0.1) is 6.92 Å². The Hall–Kier alpha value is -2.66. The summed E-state index contributed by atoms with van der Waals surface area (Å²) >= 11 is 1.10. The summed E-state index contributed by atoms with van der Waals surface area (Å²) in [5.74, 6) is -0.803. The Morgan fingerprint density at radius 3 is 2.20 bits per heavy atom. The summed E-state index contributed by atoms with van der Waals surface area (Å²) in [5.41, 5.74) is -0.0262. The second-order valence-corrected chi connectivity index (χ2v) is 12.7. The molecule has 1 aliphatic heterocycles. The van der Waals surface area contributed by atoms with Crippen LogP contribution in [0.2, 0.25) is 0 Å². The fraction of sp³-hybridized carbons (Fsp3) is 0.724. The molecule has 0 radical (unpaired) electrons. The summed E-state index contributed by atoms with van der Waals surface area (Å²) in [6, 6.07) is -0.330. The SMILES string of the molecule is CCCCCCCCNC(=O)Nc1sc(C(=O)N2CCN(CC(=O)NC(C)C)CC2)c(C)c1C(=O)OC(C)(C)C. The molecule has 0 unspecified atom stereocenters. The number of amides is 4. The normalized spacial score (nSPS) is 14.2. The van der Waals surface area contributed by atoms with Crippen molar-refractivity contribution in [2.75, 3.05) is 44.6 Å². The van der Waals surface area contributed by atoms with Crippen LogP contribution in [0.25, 0.3) is 0 Å². The van der Waals surface area contributed by atoms with Crippen molar-refractivity contribution in [2.24, 2.45) is 0 Å². The van der Waals surface area contributed by atoms with E-state index in [4.69, 9.17) is 4.74 Å². The molecule has 2 heterocycles. The Morgan fingerprint density at radius 2 is 1.60 bits per heavy atom. The number of nitrogens with one attached hydrogen (secondary N) is 3. The number of esters is 1. The van der Waals surface area contributed by atoms with Gasteiger partial charge in [0.2, 0.25) is 5.91 Å². The van der Waals surface area contributed by atoms with Crippen molar-refractivity contribution < 1.29 is 23.9 Å². The highest BCUT2D eigenvalue weighted by atomic mass is 32.1. The maximum absolute atomic E-state index is 13.5. The number of hydrogen-bond acceptors (Lipinski definition) is 7. The molecule has 10 nitrogen and oxygen atoms in total. The Bertz CT molecular complexity index is 1010. The minimum absolute atomic E-state index is 0.0311. The third-order valence-corrected chi connectivity index (χ3v) is 7.66. The van der Waals surface area contributed by atoms with Gasteiger partial charge in [0, 0.05) is 38.8 Å². The number of carbonyl (C=O) groups excluding carboxylic acids is 4. The first-order valence-electron chi connectivity index (χ1n) is 14.5. The predicted octanol–water partition coefficient (Wildman–Crippen LogP) is 4.78. The van der Waals surface area contributed by atoms with Crippen molar-refractivity contribution >= 4 is 40.2 Å². The van der Waals surface area contributed by atoms with Crippen molar-refractivity contribution in [3.63, 3.8) is 0 Å². The summed E-state index contributed by atoms with van der Waals surface area (Å²) < 4.78 is 5.62. The van der Waals surface area contributed by atoms with Gasteiger partial charge in [-0.2, -0.15) is 0 Å². The second kappa shape index (κ2) is 16.0. The van der Waals surface area contributed by atoms with Gasteiger partial charge in [-0.05, 0) is 53.5 Å². The molecule has 4 amide bonds. The molecule has 2 rings (SSSR count). The maximum atomic E-state index is 13.5. The molecule has 0 bridgehead atoms. The molecule has 0 aliphatic carbocycles. The molecule has 1 aliphatic rings. The van der Waals surface area contributed by atoms with Crippen molar-refractivity contribution in [1.29, 1.82) is 0 Å². The lowest BCUT2D eigenvalue weighted by Crippen LogP contribution is -2.51. The largest absolute Gasteiger partial charge is 0.456 e. The lowest BCUT2D eigenvalue weighted by molar-refractivity contribution is -0.123. The molecule has 0 saturated carbocycles. The van der Waals surface area contributed by atoms with Gasteiger partial charge in [-0.1, -0.05) is 39.0 Å². The fourth-order valence-electron chi connectivity index (χ4n) is 4.46. The zero-order chi connectivity index (χ0) is 29.9. The minimum Gasteiger partial charge on any atom is -0.456 e. The smallest absolute Gasteiger partial charge is 0.341 e. The zero-order valence-corrected chi connectivity index (χ0v) is 26.2. The quantitative estimate of drug-likeness (QED) is 0.229.